The average Bonchev–Trinajstić information content (AvgIpc) is 2.46. The van der Waals surface area contributed by atoms with Gasteiger partial charge in [0.05, 0.1) is 19.4 Å². The molecule has 0 aliphatic carbocycles. The Labute approximate surface area is 117 Å². The van der Waals surface area contributed by atoms with E-state index in [4.69, 9.17) is 14.7 Å². The maximum atomic E-state index is 12.3. The number of nitrogens with one attached hydrogen (secondary N) is 1. The number of hydrogen-bond donors (Lipinski definition) is 2. The molecule has 0 radical (unpaired) electrons. The van der Waals surface area contributed by atoms with Crippen molar-refractivity contribution in [3.8, 4) is 5.75 Å². The van der Waals surface area contributed by atoms with Crippen LogP contribution >= 0.6 is 0 Å². The highest BCUT2D eigenvalue weighted by molar-refractivity contribution is 5.93. The number of hydrogen-bond acceptors (Lipinski definition) is 5. The van der Waals surface area contributed by atoms with E-state index >= 15 is 0 Å². The van der Waals surface area contributed by atoms with Gasteiger partial charge >= 0.3 is 0 Å². The van der Waals surface area contributed by atoms with E-state index in [0.717, 1.165) is 12.8 Å². The summed E-state index contributed by atoms with van der Waals surface area (Å²) in [5.41, 5.74) is 1.40. The van der Waals surface area contributed by atoms with Crippen LogP contribution in [-0.2, 0) is 17.9 Å². The highest BCUT2D eigenvalue weighted by atomic mass is 16.5. The van der Waals surface area contributed by atoms with Crippen LogP contribution in [-0.4, -0.2) is 29.9 Å². The minimum Gasteiger partial charge on any atom is -0.495 e. The number of carbonyl (C=O) groups is 1. The van der Waals surface area contributed by atoms with Crippen molar-refractivity contribution < 1.29 is 19.5 Å². The minimum atomic E-state index is -0.859. The third-order valence-electron chi connectivity index (χ3n) is 2.94. The molecule has 2 N–H and O–H groups in total. The van der Waals surface area contributed by atoms with Gasteiger partial charge in [-0.05, 0) is 6.42 Å². The predicted octanol–water partition coefficient (Wildman–Crippen LogP) is 0.922. The number of rotatable bonds is 7. The van der Waals surface area contributed by atoms with Crippen LogP contribution in [0.1, 0.15) is 35.8 Å². The summed E-state index contributed by atoms with van der Waals surface area (Å²) in [5, 5.41) is 8.70. The minimum absolute atomic E-state index is 0.166. The van der Waals surface area contributed by atoms with Gasteiger partial charge in [-0.3, -0.25) is 14.8 Å². The van der Waals surface area contributed by atoms with Gasteiger partial charge < -0.3 is 14.0 Å². The second-order valence-electron chi connectivity index (χ2n) is 4.26. The summed E-state index contributed by atoms with van der Waals surface area (Å²) in [6, 6.07) is 1.31. The van der Waals surface area contributed by atoms with E-state index in [-0.39, 0.29) is 12.2 Å². The van der Waals surface area contributed by atoms with Crippen molar-refractivity contribution in [2.75, 3.05) is 14.2 Å². The molecule has 7 heteroatoms. The van der Waals surface area contributed by atoms with Crippen LogP contribution in [0.15, 0.2) is 10.9 Å². The molecule has 1 aromatic rings. The molecule has 0 saturated carbocycles. The number of ether oxygens (including phenoxy) is 2. The van der Waals surface area contributed by atoms with E-state index < -0.39 is 11.5 Å². The van der Waals surface area contributed by atoms with Crippen molar-refractivity contribution >= 4 is 5.91 Å². The monoisotopic (exact) mass is 284 g/mol. The molecule has 7 nitrogen and oxygen atoms in total. The lowest BCUT2D eigenvalue weighted by molar-refractivity contribution is 0.0703. The molecule has 1 amide bonds. The van der Waals surface area contributed by atoms with Gasteiger partial charge in [-0.25, -0.2) is 5.48 Å². The molecule has 112 valence electrons. The van der Waals surface area contributed by atoms with Gasteiger partial charge in [0.2, 0.25) is 0 Å². The van der Waals surface area contributed by atoms with Crippen molar-refractivity contribution in [1.82, 2.24) is 10.0 Å². The molecule has 0 aromatic carbocycles. The zero-order valence-corrected chi connectivity index (χ0v) is 11.9. The first-order chi connectivity index (χ1) is 9.60. The fraction of sp³-hybridized carbons (Fsp3) is 0.538. The predicted molar refractivity (Wildman–Crippen MR) is 72.1 cm³/mol. The molecule has 1 rings (SSSR count). The third-order valence-corrected chi connectivity index (χ3v) is 2.94. The van der Waals surface area contributed by atoms with Crippen molar-refractivity contribution in [3.05, 3.63) is 27.7 Å². The average molecular weight is 284 g/mol. The maximum absolute atomic E-state index is 12.3. The summed E-state index contributed by atoms with van der Waals surface area (Å²) < 4.78 is 11.7. The topological polar surface area (TPSA) is 89.8 Å². The van der Waals surface area contributed by atoms with E-state index in [9.17, 15) is 9.59 Å². The van der Waals surface area contributed by atoms with Gasteiger partial charge in [0.15, 0.2) is 0 Å². The molecule has 1 heterocycles. The molecule has 0 atom stereocenters. The Morgan fingerprint density at radius 3 is 2.65 bits per heavy atom. The first-order valence-corrected chi connectivity index (χ1v) is 6.34. The summed E-state index contributed by atoms with van der Waals surface area (Å²) in [5.74, 6) is -0.483. The number of hydroxylamine groups is 1. The lowest BCUT2D eigenvalue weighted by atomic mass is 10.2. The van der Waals surface area contributed by atoms with Crippen molar-refractivity contribution in [2.45, 2.75) is 32.9 Å². The molecular formula is C13H20N2O5. The number of amides is 1. The number of unbranched alkanes of at least 4 members (excludes halogenated alkanes) is 1. The summed E-state index contributed by atoms with van der Waals surface area (Å²) in [7, 11) is 2.96. The number of pyridine rings is 1. The largest absolute Gasteiger partial charge is 0.495 e. The molecule has 0 saturated heterocycles. The van der Waals surface area contributed by atoms with Gasteiger partial charge in [0.1, 0.15) is 11.3 Å². The molecule has 0 bridgehead atoms. The summed E-state index contributed by atoms with van der Waals surface area (Å²) >= 11 is 0. The Hall–Kier alpha value is -1.86. The smallest absolute Gasteiger partial charge is 0.280 e. The van der Waals surface area contributed by atoms with Crippen LogP contribution in [0.2, 0.25) is 0 Å². The molecule has 0 spiro atoms. The highest BCUT2D eigenvalue weighted by Gasteiger charge is 2.19. The lowest BCUT2D eigenvalue weighted by Gasteiger charge is -2.17. The molecule has 0 aliphatic rings. The van der Waals surface area contributed by atoms with E-state index in [1.807, 2.05) is 6.92 Å². The maximum Gasteiger partial charge on any atom is 0.280 e. The van der Waals surface area contributed by atoms with Crippen LogP contribution in [0, 0.1) is 0 Å². The summed E-state index contributed by atoms with van der Waals surface area (Å²) in [4.78, 5) is 23.9. The second kappa shape index (κ2) is 7.66. The van der Waals surface area contributed by atoms with Crippen LogP contribution in [0.3, 0.4) is 0 Å². The first-order valence-electron chi connectivity index (χ1n) is 6.34. The fourth-order valence-corrected chi connectivity index (χ4v) is 1.92. The van der Waals surface area contributed by atoms with Crippen molar-refractivity contribution in [3.63, 3.8) is 0 Å². The van der Waals surface area contributed by atoms with Gasteiger partial charge in [0.25, 0.3) is 11.5 Å². The Kier molecular flexibility index (Phi) is 6.20. The second-order valence-corrected chi connectivity index (χ2v) is 4.26. The number of nitrogens with zero attached hydrogens (tertiary/aromatic N) is 1. The van der Waals surface area contributed by atoms with Crippen LogP contribution in [0.5, 0.6) is 5.75 Å². The quantitative estimate of drug-likeness (QED) is 0.574. The highest BCUT2D eigenvalue weighted by Crippen LogP contribution is 2.19. The molecule has 1 aromatic heterocycles. The SMILES string of the molecule is CCCCn1c(COC)c(OC)cc(C(=O)NO)c1=O. The standard InChI is InChI=1S/C13H20N2O5/c1-4-5-6-15-10(8-19-2)11(20-3)7-9(13(15)17)12(16)14-18/h7,18H,4-6,8H2,1-3H3,(H,14,16). The fourth-order valence-electron chi connectivity index (χ4n) is 1.92. The Morgan fingerprint density at radius 2 is 2.15 bits per heavy atom. The van der Waals surface area contributed by atoms with Gasteiger partial charge in [0, 0.05) is 19.7 Å². The summed E-state index contributed by atoms with van der Waals surface area (Å²) in [6.45, 7) is 2.66. The number of aromatic nitrogens is 1. The van der Waals surface area contributed by atoms with Gasteiger partial charge in [-0.2, -0.15) is 0 Å². The molecule has 20 heavy (non-hydrogen) atoms. The molecule has 0 aliphatic heterocycles. The normalized spacial score (nSPS) is 10.4. The molecule has 0 fully saturated rings. The van der Waals surface area contributed by atoms with Crippen LogP contribution in [0.25, 0.3) is 0 Å². The van der Waals surface area contributed by atoms with E-state index in [1.165, 1.54) is 30.3 Å². The Morgan fingerprint density at radius 1 is 1.45 bits per heavy atom. The Balaban J connectivity index is 3.46. The number of methoxy groups -OCH3 is 2. The van der Waals surface area contributed by atoms with Crippen molar-refractivity contribution in [2.24, 2.45) is 0 Å². The van der Waals surface area contributed by atoms with E-state index in [0.29, 0.717) is 18.0 Å². The van der Waals surface area contributed by atoms with Gasteiger partial charge in [-0.1, -0.05) is 13.3 Å². The Bertz CT molecular complexity index is 524. The zero-order valence-electron chi connectivity index (χ0n) is 11.9. The van der Waals surface area contributed by atoms with E-state index in [1.54, 1.807) is 0 Å². The van der Waals surface area contributed by atoms with E-state index in [2.05, 4.69) is 0 Å². The summed E-state index contributed by atoms with van der Waals surface area (Å²) in [6.07, 6.45) is 1.68. The molecular weight excluding hydrogens is 264 g/mol. The van der Waals surface area contributed by atoms with Crippen molar-refractivity contribution in [1.29, 1.82) is 0 Å². The van der Waals surface area contributed by atoms with Crippen LogP contribution in [0.4, 0.5) is 0 Å². The zero-order chi connectivity index (χ0) is 15.1. The molecule has 0 unspecified atom stereocenters. The lowest BCUT2D eigenvalue weighted by Crippen LogP contribution is -2.33. The van der Waals surface area contributed by atoms with Gasteiger partial charge in [-0.15, -0.1) is 0 Å². The number of carbonyl (C=O) groups excluding carboxylic acids is 1. The van der Waals surface area contributed by atoms with Crippen LogP contribution < -0.4 is 15.8 Å². The third kappa shape index (κ3) is 3.37. The first kappa shape index (κ1) is 16.2.